The molecular formula is C32H29GeN2+. The summed E-state index contributed by atoms with van der Waals surface area (Å²) in [6.07, 6.45) is 2.22. The van der Waals surface area contributed by atoms with Crippen molar-refractivity contribution in [2.45, 2.75) is 24.2 Å². The van der Waals surface area contributed by atoms with Crippen molar-refractivity contribution >= 4 is 66.7 Å². The summed E-state index contributed by atoms with van der Waals surface area (Å²) in [4.78, 5) is 0. The number of hydrogen-bond acceptors (Lipinski definition) is 0. The molecule has 4 aromatic carbocycles. The van der Waals surface area contributed by atoms with E-state index < -0.39 is 13.3 Å². The Hall–Kier alpha value is -3.37. The van der Waals surface area contributed by atoms with E-state index in [1.165, 1.54) is 65.7 Å². The summed E-state index contributed by atoms with van der Waals surface area (Å²) in [5.41, 5.74) is 9.16. The average molecular weight is 514 g/mol. The first kappa shape index (κ1) is 21.0. The van der Waals surface area contributed by atoms with Crippen molar-refractivity contribution in [3.05, 3.63) is 90.6 Å². The molecule has 3 aromatic heterocycles. The molecule has 0 aliphatic rings. The monoisotopic (exact) mass is 515 g/mol. The van der Waals surface area contributed by atoms with Gasteiger partial charge in [-0.3, -0.25) is 0 Å². The molecule has 0 saturated carbocycles. The van der Waals surface area contributed by atoms with Crippen LogP contribution in [-0.2, 0) is 7.05 Å². The number of aromatic nitrogens is 2. The van der Waals surface area contributed by atoms with Crippen LogP contribution < -0.4 is 8.96 Å². The van der Waals surface area contributed by atoms with Crippen LogP contribution in [0.4, 0.5) is 0 Å². The van der Waals surface area contributed by atoms with Gasteiger partial charge in [-0.15, -0.1) is 0 Å². The minimum absolute atomic E-state index is 1.28. The number of fused-ring (bicyclic) bond motifs is 5. The first-order valence-corrected chi connectivity index (χ1v) is 19.8. The van der Waals surface area contributed by atoms with Crippen LogP contribution in [0.15, 0.2) is 85.1 Å². The Morgan fingerprint density at radius 1 is 0.714 bits per heavy atom. The van der Waals surface area contributed by atoms with Gasteiger partial charge in [0.2, 0.25) is 0 Å². The van der Waals surface area contributed by atoms with Crippen LogP contribution in [0.25, 0.3) is 60.1 Å². The van der Waals surface area contributed by atoms with Gasteiger partial charge in [-0.2, -0.15) is 0 Å². The van der Waals surface area contributed by atoms with E-state index in [2.05, 4.69) is 125 Å². The Labute approximate surface area is 208 Å². The summed E-state index contributed by atoms with van der Waals surface area (Å²) in [5, 5.41) is 6.65. The van der Waals surface area contributed by atoms with Gasteiger partial charge in [0.25, 0.3) is 0 Å². The van der Waals surface area contributed by atoms with Gasteiger partial charge in [0.05, 0.1) is 0 Å². The van der Waals surface area contributed by atoms with Gasteiger partial charge in [-0.05, 0) is 0 Å². The number of rotatable bonds is 2. The van der Waals surface area contributed by atoms with E-state index in [1.807, 2.05) is 0 Å². The zero-order valence-electron chi connectivity index (χ0n) is 21.0. The van der Waals surface area contributed by atoms with Gasteiger partial charge in [0.1, 0.15) is 0 Å². The van der Waals surface area contributed by atoms with Crippen molar-refractivity contribution in [3.63, 3.8) is 0 Å². The van der Waals surface area contributed by atoms with E-state index in [4.69, 9.17) is 0 Å². The number of hydrogen-bond donors (Lipinski definition) is 0. The molecule has 0 saturated heterocycles. The SMILES string of the molecule is Cc1ccc2c3ccccc3n3c4cc(-c5ccc[c]([Ge]([CH3])([CH3])[CH3])c5)cc5cc[n+](C)c(c1c23)c54. The quantitative estimate of drug-likeness (QED) is 0.0989. The molecule has 0 radical (unpaired) electrons. The minimum atomic E-state index is -1.94. The predicted octanol–water partition coefficient (Wildman–Crippen LogP) is 7.34. The predicted molar refractivity (Wildman–Crippen MR) is 153 cm³/mol. The molecule has 7 rings (SSSR count). The van der Waals surface area contributed by atoms with Crippen molar-refractivity contribution in [1.82, 2.24) is 4.40 Å². The Balaban J connectivity index is 1.73. The Morgan fingerprint density at radius 2 is 1.54 bits per heavy atom. The van der Waals surface area contributed by atoms with Crippen molar-refractivity contribution in [2.24, 2.45) is 7.05 Å². The van der Waals surface area contributed by atoms with Crippen molar-refractivity contribution < 1.29 is 4.57 Å². The van der Waals surface area contributed by atoms with Crippen LogP contribution in [0.5, 0.6) is 0 Å². The van der Waals surface area contributed by atoms with Gasteiger partial charge >= 0.3 is 209 Å². The van der Waals surface area contributed by atoms with Crippen molar-refractivity contribution in [1.29, 1.82) is 0 Å². The fourth-order valence-electron chi connectivity index (χ4n) is 6.00. The third-order valence-electron chi connectivity index (χ3n) is 7.80. The number of pyridine rings is 2. The topological polar surface area (TPSA) is 8.29 Å². The molecule has 0 N–H and O–H groups in total. The zero-order valence-corrected chi connectivity index (χ0v) is 23.1. The summed E-state index contributed by atoms with van der Waals surface area (Å²) in [6, 6.07) is 29.9. The molecule has 0 amide bonds. The Morgan fingerprint density at radius 3 is 2.37 bits per heavy atom. The fourth-order valence-corrected chi connectivity index (χ4v) is 8.48. The van der Waals surface area contributed by atoms with E-state index in [9.17, 15) is 0 Å². The second kappa shape index (κ2) is 7.08. The summed E-state index contributed by atoms with van der Waals surface area (Å²) < 4.78 is 6.38. The van der Waals surface area contributed by atoms with Crippen LogP contribution in [0, 0.1) is 6.92 Å². The van der Waals surface area contributed by atoms with Gasteiger partial charge in [0, 0.05) is 0 Å². The normalized spacial score (nSPS) is 12.7. The molecule has 0 spiro atoms. The second-order valence-electron chi connectivity index (χ2n) is 11.1. The third-order valence-corrected chi connectivity index (χ3v) is 12.1. The maximum absolute atomic E-state index is 2.53. The second-order valence-corrected chi connectivity index (χ2v) is 21.7. The van der Waals surface area contributed by atoms with E-state index in [0.717, 1.165) is 0 Å². The summed E-state index contributed by atoms with van der Waals surface area (Å²) in [7, 11) is 2.18. The standard InChI is InChI=1S/C32H29GeN2/c1-20-13-14-26-25-11-6-7-12-27(25)35-28-19-23(21-9-8-10-24(18-21)33(2,3)4)17-22-15-16-34(5)32(30(22)28)29(20)31(26)35/h6-19H,1-5H3/q+1. The third kappa shape index (κ3) is 2.86. The molecular weight excluding hydrogens is 485 g/mol. The van der Waals surface area contributed by atoms with Crippen LogP contribution in [0.2, 0.25) is 17.3 Å². The van der Waals surface area contributed by atoms with E-state index in [-0.39, 0.29) is 0 Å². The average Bonchev–Trinajstić information content (AvgIpc) is 3.19. The number of aryl methyl sites for hydroxylation is 2. The van der Waals surface area contributed by atoms with Crippen LogP contribution in [0.1, 0.15) is 5.56 Å². The van der Waals surface area contributed by atoms with Crippen molar-refractivity contribution in [2.75, 3.05) is 0 Å². The van der Waals surface area contributed by atoms with Crippen LogP contribution >= 0.6 is 0 Å². The van der Waals surface area contributed by atoms with Crippen molar-refractivity contribution in [3.8, 4) is 11.1 Å². The summed E-state index contributed by atoms with van der Waals surface area (Å²) in [5.74, 6) is 7.41. The molecule has 3 heterocycles. The molecule has 0 fully saturated rings. The Kier molecular flexibility index (Phi) is 4.24. The number of para-hydroxylation sites is 1. The zero-order chi connectivity index (χ0) is 24.1. The molecule has 2 nitrogen and oxygen atoms in total. The van der Waals surface area contributed by atoms with E-state index in [1.54, 1.807) is 4.40 Å². The molecule has 0 aliphatic heterocycles. The molecule has 3 heteroatoms. The van der Waals surface area contributed by atoms with Gasteiger partial charge in [-0.25, -0.2) is 0 Å². The van der Waals surface area contributed by atoms with Crippen LogP contribution in [0.3, 0.4) is 0 Å². The molecule has 0 atom stereocenters. The maximum atomic E-state index is 2.53. The summed E-state index contributed by atoms with van der Waals surface area (Å²) in [6.45, 7) is 2.25. The van der Waals surface area contributed by atoms with Gasteiger partial charge in [-0.1, -0.05) is 0 Å². The molecule has 7 aromatic rings. The molecule has 0 bridgehead atoms. The van der Waals surface area contributed by atoms with Gasteiger partial charge in [0.15, 0.2) is 0 Å². The molecule has 0 aliphatic carbocycles. The first-order chi connectivity index (χ1) is 16.8. The molecule has 170 valence electrons. The fraction of sp³-hybridized carbons (Fsp3) is 0.156. The van der Waals surface area contributed by atoms with Gasteiger partial charge < -0.3 is 0 Å². The first-order valence-electron chi connectivity index (χ1n) is 12.4. The summed E-state index contributed by atoms with van der Waals surface area (Å²) >= 11 is -1.94. The number of nitrogens with zero attached hydrogens (tertiary/aromatic N) is 2. The number of benzene rings is 4. The Bertz CT molecular complexity index is 1950. The van der Waals surface area contributed by atoms with Crippen LogP contribution in [-0.4, -0.2) is 17.7 Å². The molecule has 0 unspecified atom stereocenters. The van der Waals surface area contributed by atoms with E-state index in [0.29, 0.717) is 0 Å². The molecule has 35 heavy (non-hydrogen) atoms. The van der Waals surface area contributed by atoms with E-state index >= 15 is 0 Å².